The van der Waals surface area contributed by atoms with Gasteiger partial charge in [0.2, 0.25) is 0 Å². The van der Waals surface area contributed by atoms with Crippen molar-refractivity contribution in [3.8, 4) is 0 Å². The minimum atomic E-state index is -0.390. The van der Waals surface area contributed by atoms with E-state index in [4.69, 9.17) is 11.6 Å². The largest absolute Gasteiger partial charge is 0.399 e. The quantitative estimate of drug-likeness (QED) is 0.290. The number of carbonyl (C=O) groups is 2. The molecule has 0 spiro atoms. The second-order valence-corrected chi connectivity index (χ2v) is 4.13. The Hall–Kier alpha value is -2.86. The molecule has 6 nitrogen and oxygen atoms in total. The van der Waals surface area contributed by atoms with Gasteiger partial charge in [0.15, 0.2) is 0 Å². The maximum atomic E-state index is 12.0. The van der Waals surface area contributed by atoms with Crippen molar-refractivity contribution >= 4 is 23.2 Å². The second-order valence-electron chi connectivity index (χ2n) is 4.13. The molecule has 0 atom stereocenters. The molecule has 0 saturated carbocycles. The summed E-state index contributed by atoms with van der Waals surface area (Å²) < 4.78 is 0. The van der Waals surface area contributed by atoms with E-state index in [9.17, 15) is 9.59 Å². The number of nitrogens with one attached hydrogen (secondary N) is 2. The Morgan fingerprint density at radius 3 is 2.20 bits per heavy atom. The highest BCUT2D eigenvalue weighted by atomic mass is 16.2. The van der Waals surface area contributed by atoms with Gasteiger partial charge in [0.05, 0.1) is 0 Å². The number of rotatable bonds is 3. The van der Waals surface area contributed by atoms with E-state index in [1.807, 2.05) is 5.43 Å². The lowest BCUT2D eigenvalue weighted by atomic mass is 10.1. The molecule has 2 rings (SSSR count). The van der Waals surface area contributed by atoms with Crippen LogP contribution in [0.5, 0.6) is 0 Å². The van der Waals surface area contributed by atoms with Gasteiger partial charge in [0, 0.05) is 22.5 Å². The molecule has 6 N–H and O–H groups in total. The van der Waals surface area contributed by atoms with Crippen LogP contribution >= 0.6 is 0 Å². The molecule has 0 aromatic heterocycles. The Bertz CT molecular complexity index is 638. The summed E-state index contributed by atoms with van der Waals surface area (Å²) >= 11 is 0. The molecule has 102 valence electrons. The SMILES string of the molecule is NNC(=O)c1ccc(NC(=O)c2cccc(N)c2)cc1. The smallest absolute Gasteiger partial charge is 0.265 e. The Balaban J connectivity index is 2.10. The van der Waals surface area contributed by atoms with Gasteiger partial charge in [-0.05, 0) is 42.5 Å². The number of amides is 2. The summed E-state index contributed by atoms with van der Waals surface area (Å²) in [5.41, 5.74) is 9.63. The van der Waals surface area contributed by atoms with Crippen LogP contribution in [0.2, 0.25) is 0 Å². The molecule has 0 radical (unpaired) electrons. The summed E-state index contributed by atoms with van der Waals surface area (Å²) in [7, 11) is 0. The van der Waals surface area contributed by atoms with Crippen LogP contribution in [0, 0.1) is 0 Å². The number of hydrazine groups is 1. The van der Waals surface area contributed by atoms with Crippen LogP contribution in [-0.2, 0) is 0 Å². The highest BCUT2D eigenvalue weighted by Gasteiger charge is 2.07. The number of hydrogen-bond donors (Lipinski definition) is 4. The first kappa shape index (κ1) is 13.6. The number of anilines is 2. The van der Waals surface area contributed by atoms with E-state index < -0.39 is 5.91 Å². The van der Waals surface area contributed by atoms with Gasteiger partial charge in [-0.2, -0.15) is 0 Å². The second kappa shape index (κ2) is 5.85. The highest BCUT2D eigenvalue weighted by Crippen LogP contribution is 2.13. The summed E-state index contributed by atoms with van der Waals surface area (Å²) in [6, 6.07) is 13.0. The van der Waals surface area contributed by atoms with E-state index in [2.05, 4.69) is 5.32 Å². The minimum absolute atomic E-state index is 0.270. The number of benzene rings is 2. The summed E-state index contributed by atoms with van der Waals surface area (Å²) in [4.78, 5) is 23.2. The lowest BCUT2D eigenvalue weighted by Gasteiger charge is -2.06. The normalized spacial score (nSPS) is 9.85. The van der Waals surface area contributed by atoms with E-state index in [1.165, 1.54) is 0 Å². The maximum Gasteiger partial charge on any atom is 0.265 e. The topological polar surface area (TPSA) is 110 Å². The molecule has 0 bridgehead atoms. The fraction of sp³-hybridized carbons (Fsp3) is 0. The van der Waals surface area contributed by atoms with Crippen molar-refractivity contribution < 1.29 is 9.59 Å². The van der Waals surface area contributed by atoms with Gasteiger partial charge in [-0.1, -0.05) is 6.07 Å². The molecule has 0 aliphatic carbocycles. The lowest BCUT2D eigenvalue weighted by Crippen LogP contribution is -2.29. The summed E-state index contributed by atoms with van der Waals surface area (Å²) in [6.45, 7) is 0. The van der Waals surface area contributed by atoms with Gasteiger partial charge < -0.3 is 11.1 Å². The third-order valence-corrected chi connectivity index (χ3v) is 2.68. The van der Waals surface area contributed by atoms with Crippen molar-refractivity contribution in [1.82, 2.24) is 5.43 Å². The van der Waals surface area contributed by atoms with Crippen molar-refractivity contribution in [3.63, 3.8) is 0 Å². The first-order chi connectivity index (χ1) is 9.60. The average molecular weight is 270 g/mol. The fourth-order valence-electron chi connectivity index (χ4n) is 1.67. The number of nitrogen functional groups attached to an aromatic ring is 2. The maximum absolute atomic E-state index is 12.0. The van der Waals surface area contributed by atoms with E-state index in [1.54, 1.807) is 48.5 Å². The molecule has 2 aromatic rings. The van der Waals surface area contributed by atoms with Crippen LogP contribution in [0.25, 0.3) is 0 Å². The molecule has 2 aromatic carbocycles. The van der Waals surface area contributed by atoms with Crippen LogP contribution in [0.3, 0.4) is 0 Å². The Kier molecular flexibility index (Phi) is 3.97. The zero-order valence-electron chi connectivity index (χ0n) is 10.6. The zero-order valence-corrected chi connectivity index (χ0v) is 10.6. The number of hydrogen-bond acceptors (Lipinski definition) is 4. The van der Waals surface area contributed by atoms with Crippen molar-refractivity contribution in [3.05, 3.63) is 59.7 Å². The van der Waals surface area contributed by atoms with Crippen molar-refractivity contribution in [1.29, 1.82) is 0 Å². The van der Waals surface area contributed by atoms with E-state index >= 15 is 0 Å². The van der Waals surface area contributed by atoms with Gasteiger partial charge in [-0.15, -0.1) is 0 Å². The summed E-state index contributed by atoms with van der Waals surface area (Å²) in [6.07, 6.45) is 0. The molecule has 0 aliphatic heterocycles. The standard InChI is InChI=1S/C14H14N4O2/c15-11-3-1-2-10(8-11)13(19)17-12-6-4-9(5-7-12)14(20)18-16/h1-8H,15-16H2,(H,17,19)(H,18,20). The Labute approximate surface area is 115 Å². The average Bonchev–Trinajstić information content (AvgIpc) is 2.47. The van der Waals surface area contributed by atoms with Crippen molar-refractivity contribution in [2.75, 3.05) is 11.1 Å². The molecule has 0 heterocycles. The fourth-order valence-corrected chi connectivity index (χ4v) is 1.67. The van der Waals surface area contributed by atoms with Crippen LogP contribution in [0.4, 0.5) is 11.4 Å². The molecular weight excluding hydrogens is 256 g/mol. The molecule has 0 unspecified atom stereocenters. The summed E-state index contributed by atoms with van der Waals surface area (Å²) in [5.74, 6) is 4.37. The predicted octanol–water partition coefficient (Wildman–Crippen LogP) is 1.12. The molecule has 0 aliphatic rings. The third-order valence-electron chi connectivity index (χ3n) is 2.68. The van der Waals surface area contributed by atoms with E-state index in [0.29, 0.717) is 22.5 Å². The Morgan fingerprint density at radius 1 is 0.900 bits per heavy atom. The van der Waals surface area contributed by atoms with Gasteiger partial charge in [0.25, 0.3) is 11.8 Å². The van der Waals surface area contributed by atoms with Crippen molar-refractivity contribution in [2.45, 2.75) is 0 Å². The monoisotopic (exact) mass is 270 g/mol. The van der Waals surface area contributed by atoms with E-state index in [-0.39, 0.29) is 5.91 Å². The first-order valence-corrected chi connectivity index (χ1v) is 5.88. The number of carbonyl (C=O) groups excluding carboxylic acids is 2. The Morgan fingerprint density at radius 2 is 1.60 bits per heavy atom. The van der Waals surface area contributed by atoms with Gasteiger partial charge in [-0.25, -0.2) is 5.84 Å². The van der Waals surface area contributed by atoms with Gasteiger partial charge in [0.1, 0.15) is 0 Å². The van der Waals surface area contributed by atoms with Gasteiger partial charge >= 0.3 is 0 Å². The summed E-state index contributed by atoms with van der Waals surface area (Å²) in [5, 5.41) is 2.71. The van der Waals surface area contributed by atoms with Gasteiger partial charge in [-0.3, -0.25) is 15.0 Å². The molecular formula is C14H14N4O2. The first-order valence-electron chi connectivity index (χ1n) is 5.88. The molecule has 0 fully saturated rings. The molecule has 20 heavy (non-hydrogen) atoms. The van der Waals surface area contributed by atoms with Crippen LogP contribution in [0.15, 0.2) is 48.5 Å². The van der Waals surface area contributed by atoms with Crippen LogP contribution in [-0.4, -0.2) is 11.8 Å². The predicted molar refractivity (Wildman–Crippen MR) is 76.9 cm³/mol. The third kappa shape index (κ3) is 3.12. The number of nitrogens with two attached hydrogens (primary N) is 2. The van der Waals surface area contributed by atoms with Crippen molar-refractivity contribution in [2.24, 2.45) is 5.84 Å². The molecule has 2 amide bonds. The lowest BCUT2D eigenvalue weighted by molar-refractivity contribution is 0.0953. The van der Waals surface area contributed by atoms with Crippen LogP contribution < -0.4 is 22.3 Å². The van der Waals surface area contributed by atoms with E-state index in [0.717, 1.165) is 0 Å². The molecule has 6 heteroatoms. The zero-order chi connectivity index (χ0) is 14.5. The minimum Gasteiger partial charge on any atom is -0.399 e. The highest BCUT2D eigenvalue weighted by molar-refractivity contribution is 6.05. The molecule has 0 saturated heterocycles. The van der Waals surface area contributed by atoms with Crippen LogP contribution in [0.1, 0.15) is 20.7 Å².